The van der Waals surface area contributed by atoms with Gasteiger partial charge in [0.15, 0.2) is 5.37 Å². The van der Waals surface area contributed by atoms with Crippen LogP contribution < -0.4 is 0 Å². The number of hydrogen-bond donors (Lipinski definition) is 0. The van der Waals surface area contributed by atoms with Crippen molar-refractivity contribution in [2.45, 2.75) is 44.0 Å². The van der Waals surface area contributed by atoms with Crippen molar-refractivity contribution in [3.63, 3.8) is 0 Å². The van der Waals surface area contributed by atoms with E-state index in [0.29, 0.717) is 0 Å². The highest BCUT2D eigenvalue weighted by atomic mass is 35.5. The first kappa shape index (κ1) is 19.5. The minimum absolute atomic E-state index is 0.197. The summed E-state index contributed by atoms with van der Waals surface area (Å²) >= 11 is 5.83. The number of esters is 2. The van der Waals surface area contributed by atoms with Gasteiger partial charge in [-0.15, -0.1) is 11.6 Å². The first-order chi connectivity index (χ1) is 11.3. The highest BCUT2D eigenvalue weighted by molar-refractivity contribution is 7.96. The van der Waals surface area contributed by atoms with Crippen molar-refractivity contribution in [3.8, 4) is 0 Å². The number of hydrogen-bond acceptors (Lipinski definition) is 7. The fourth-order valence-corrected chi connectivity index (χ4v) is 4.76. The van der Waals surface area contributed by atoms with E-state index in [1.807, 2.05) is 0 Å². The van der Waals surface area contributed by atoms with Gasteiger partial charge in [0.2, 0.25) is 15.7 Å². The number of rotatable bonds is 3. The van der Waals surface area contributed by atoms with Crippen LogP contribution in [0.1, 0.15) is 27.7 Å². The number of alkyl halides is 1. The topological polar surface area (TPSA) is 107 Å². The van der Waals surface area contributed by atoms with Gasteiger partial charge in [-0.05, 0) is 20.8 Å². The summed E-state index contributed by atoms with van der Waals surface area (Å²) in [4.78, 5) is 36.1. The van der Waals surface area contributed by atoms with Gasteiger partial charge in [0, 0.05) is 12.5 Å². The maximum atomic E-state index is 12.6. The van der Waals surface area contributed by atoms with E-state index >= 15 is 0 Å². The Morgan fingerprint density at radius 3 is 2.36 bits per heavy atom. The zero-order valence-electron chi connectivity index (χ0n) is 14.2. The zero-order valence-corrected chi connectivity index (χ0v) is 15.7. The van der Waals surface area contributed by atoms with Crippen LogP contribution in [0.15, 0.2) is 22.8 Å². The maximum absolute atomic E-state index is 12.6. The molecule has 0 spiro atoms. The lowest BCUT2D eigenvalue weighted by Crippen LogP contribution is -2.68. The molecule has 10 heteroatoms. The number of fused-ring (bicyclic) bond motifs is 1. The Morgan fingerprint density at radius 1 is 1.32 bits per heavy atom. The van der Waals surface area contributed by atoms with Gasteiger partial charge in [-0.2, -0.15) is 0 Å². The van der Waals surface area contributed by atoms with E-state index < -0.39 is 55.5 Å². The van der Waals surface area contributed by atoms with Crippen LogP contribution >= 0.6 is 11.6 Å². The van der Waals surface area contributed by atoms with E-state index in [1.54, 1.807) is 20.8 Å². The molecule has 2 rings (SSSR count). The molecule has 2 heterocycles. The fraction of sp³-hybridized carbons (Fsp3) is 0.533. The standard InChI is InChI=1S/C15H18ClNO7S/c1-7-9(6-23-8(2)18)11(14(20)24-15(3,4)5)17-12(19)10(16)13(17)25(7,21)22/h10,13H,1,6H2,2-5H3/t10-,13+/m0/s1. The Balaban J connectivity index is 2.60. The molecule has 0 aliphatic carbocycles. The number of carbonyl (C=O) groups excluding carboxylic acids is 3. The summed E-state index contributed by atoms with van der Waals surface area (Å²) in [6, 6.07) is 0. The van der Waals surface area contributed by atoms with E-state index in [0.717, 1.165) is 11.8 Å². The van der Waals surface area contributed by atoms with Crippen molar-refractivity contribution < 1.29 is 32.3 Å². The molecule has 0 bridgehead atoms. The number of sulfone groups is 1. The molecule has 8 nitrogen and oxygen atoms in total. The van der Waals surface area contributed by atoms with Crippen LogP contribution in [0.5, 0.6) is 0 Å². The summed E-state index contributed by atoms with van der Waals surface area (Å²) in [5.74, 6) is -2.36. The molecule has 1 fully saturated rings. The molecule has 2 aliphatic rings. The minimum Gasteiger partial charge on any atom is -0.461 e. The van der Waals surface area contributed by atoms with Crippen molar-refractivity contribution in [1.29, 1.82) is 0 Å². The molecule has 0 N–H and O–H groups in total. The number of nitrogens with zero attached hydrogens (tertiary/aromatic N) is 1. The van der Waals surface area contributed by atoms with Gasteiger partial charge < -0.3 is 9.47 Å². The number of carbonyl (C=O) groups is 3. The van der Waals surface area contributed by atoms with Crippen molar-refractivity contribution in [1.82, 2.24) is 4.90 Å². The zero-order chi connectivity index (χ0) is 19.3. The molecule has 0 saturated carbocycles. The molecule has 1 saturated heterocycles. The minimum atomic E-state index is -4.07. The number of halogens is 1. The average Bonchev–Trinajstić information content (AvgIpc) is 2.45. The lowest BCUT2D eigenvalue weighted by atomic mass is 10.1. The van der Waals surface area contributed by atoms with E-state index in [9.17, 15) is 22.8 Å². The number of amides is 1. The van der Waals surface area contributed by atoms with E-state index in [4.69, 9.17) is 21.1 Å². The summed E-state index contributed by atoms with van der Waals surface area (Å²) in [6.45, 7) is 8.93. The summed E-state index contributed by atoms with van der Waals surface area (Å²) < 4.78 is 35.1. The molecule has 0 unspecified atom stereocenters. The highest BCUT2D eigenvalue weighted by Crippen LogP contribution is 2.44. The van der Waals surface area contributed by atoms with Crippen LogP contribution in [0.2, 0.25) is 0 Å². The maximum Gasteiger partial charge on any atom is 0.356 e. The average molecular weight is 392 g/mol. The SMILES string of the molecule is C=C1C(COC(C)=O)=C(C(=O)OC(C)(C)C)N2C(=O)[C@H](Cl)[C@H]2S1(=O)=O. The predicted octanol–water partition coefficient (Wildman–Crippen LogP) is 0.863. The van der Waals surface area contributed by atoms with Gasteiger partial charge >= 0.3 is 11.9 Å². The monoisotopic (exact) mass is 391 g/mol. The smallest absolute Gasteiger partial charge is 0.356 e. The third kappa shape index (κ3) is 3.30. The largest absolute Gasteiger partial charge is 0.461 e. The van der Waals surface area contributed by atoms with Crippen molar-refractivity contribution in [3.05, 3.63) is 22.8 Å². The molecule has 25 heavy (non-hydrogen) atoms. The Morgan fingerprint density at radius 2 is 1.88 bits per heavy atom. The molecule has 0 radical (unpaired) electrons. The molecule has 1 amide bonds. The number of ether oxygens (including phenoxy) is 2. The third-order valence-electron chi connectivity index (χ3n) is 3.51. The molecule has 138 valence electrons. The lowest BCUT2D eigenvalue weighted by Gasteiger charge is -2.47. The lowest BCUT2D eigenvalue weighted by molar-refractivity contribution is -0.157. The second-order valence-corrected chi connectivity index (χ2v) is 9.11. The number of β-lactam (4-membered cyclic amide) rings is 1. The Hall–Kier alpha value is -1.87. The van der Waals surface area contributed by atoms with Gasteiger partial charge in [0.05, 0.1) is 4.91 Å². The Bertz CT molecular complexity index is 806. The summed E-state index contributed by atoms with van der Waals surface area (Å²) in [7, 11) is -4.07. The molecule has 0 aromatic heterocycles. The van der Waals surface area contributed by atoms with Crippen LogP contribution in [0.4, 0.5) is 0 Å². The Kier molecular flexibility index (Phi) is 4.77. The normalized spacial score (nSPS) is 25.2. The Labute approximate surface area is 150 Å². The van der Waals surface area contributed by atoms with Crippen LogP contribution in [0, 0.1) is 0 Å². The summed E-state index contributed by atoms with van der Waals surface area (Å²) in [5, 5.41) is -2.76. The first-order valence-corrected chi connectivity index (χ1v) is 9.27. The van der Waals surface area contributed by atoms with Crippen LogP contribution in [-0.4, -0.2) is 54.1 Å². The van der Waals surface area contributed by atoms with Crippen molar-refractivity contribution in [2.75, 3.05) is 6.61 Å². The van der Waals surface area contributed by atoms with Crippen molar-refractivity contribution >= 4 is 39.3 Å². The summed E-state index contributed by atoms with van der Waals surface area (Å²) in [6.07, 6.45) is 0. The second kappa shape index (κ2) is 6.14. The van der Waals surface area contributed by atoms with Crippen molar-refractivity contribution in [2.24, 2.45) is 0 Å². The van der Waals surface area contributed by atoms with E-state index in [2.05, 4.69) is 6.58 Å². The van der Waals surface area contributed by atoms with Gasteiger partial charge in [0.1, 0.15) is 23.3 Å². The van der Waals surface area contributed by atoms with Gasteiger partial charge in [0.25, 0.3) is 0 Å². The highest BCUT2D eigenvalue weighted by Gasteiger charge is 2.61. The third-order valence-corrected chi connectivity index (χ3v) is 6.14. The fourth-order valence-electron chi connectivity index (χ4n) is 2.43. The molecular weight excluding hydrogens is 374 g/mol. The molecule has 2 aliphatic heterocycles. The molecule has 0 aromatic rings. The predicted molar refractivity (Wildman–Crippen MR) is 87.8 cm³/mol. The van der Waals surface area contributed by atoms with Gasteiger partial charge in [-0.25, -0.2) is 13.2 Å². The van der Waals surface area contributed by atoms with Gasteiger partial charge in [-0.1, -0.05) is 6.58 Å². The molecular formula is C15H18ClNO7S. The second-order valence-electron chi connectivity index (χ2n) is 6.58. The quantitative estimate of drug-likeness (QED) is 0.399. The van der Waals surface area contributed by atoms with Gasteiger partial charge in [-0.3, -0.25) is 14.5 Å². The summed E-state index contributed by atoms with van der Waals surface area (Å²) in [5.41, 5.74) is -1.40. The first-order valence-electron chi connectivity index (χ1n) is 7.29. The van der Waals surface area contributed by atoms with E-state index in [-0.39, 0.29) is 11.3 Å². The van der Waals surface area contributed by atoms with E-state index in [1.165, 1.54) is 0 Å². The molecule has 0 aromatic carbocycles. The van der Waals surface area contributed by atoms with Crippen LogP contribution in [-0.2, 0) is 33.7 Å². The van der Waals surface area contributed by atoms with Crippen LogP contribution in [0.25, 0.3) is 0 Å². The molecule has 2 atom stereocenters. The van der Waals surface area contributed by atoms with Crippen LogP contribution in [0.3, 0.4) is 0 Å².